The summed E-state index contributed by atoms with van der Waals surface area (Å²) in [6.45, 7) is 10.1. The van der Waals surface area contributed by atoms with Crippen molar-refractivity contribution >= 4 is 0 Å². The van der Waals surface area contributed by atoms with Gasteiger partial charge in [0.15, 0.2) is 6.29 Å². The van der Waals surface area contributed by atoms with Crippen molar-refractivity contribution in [1.29, 1.82) is 0 Å². The van der Waals surface area contributed by atoms with Crippen LogP contribution in [-0.4, -0.2) is 19.0 Å². The molecule has 2 fully saturated rings. The molecule has 2 saturated carbocycles. The average Bonchev–Trinajstić information content (AvgIpc) is 2.56. The minimum atomic E-state index is -0.0253. The fourth-order valence-corrected chi connectivity index (χ4v) is 4.46. The highest BCUT2D eigenvalue weighted by Crippen LogP contribution is 2.33. The van der Waals surface area contributed by atoms with Gasteiger partial charge < -0.3 is 9.47 Å². The molecule has 0 N–H and O–H groups in total. The van der Waals surface area contributed by atoms with Gasteiger partial charge in [0.25, 0.3) is 0 Å². The summed E-state index contributed by atoms with van der Waals surface area (Å²) in [6.07, 6.45) is 13.7. The fourth-order valence-electron chi connectivity index (χ4n) is 4.46. The molecule has 0 aromatic heterocycles. The Morgan fingerprint density at radius 1 is 0.913 bits per heavy atom. The van der Waals surface area contributed by atoms with Crippen molar-refractivity contribution in [3.05, 3.63) is 0 Å². The third kappa shape index (κ3) is 6.74. The zero-order valence-corrected chi connectivity index (χ0v) is 16.1. The summed E-state index contributed by atoms with van der Waals surface area (Å²) in [4.78, 5) is 0. The van der Waals surface area contributed by atoms with Crippen LogP contribution in [0.2, 0.25) is 0 Å². The second-order valence-corrected chi connectivity index (χ2v) is 8.41. The first kappa shape index (κ1) is 19.2. The molecule has 0 spiro atoms. The minimum Gasteiger partial charge on any atom is -0.353 e. The lowest BCUT2D eigenvalue weighted by molar-refractivity contribution is -0.170. The van der Waals surface area contributed by atoms with E-state index >= 15 is 0 Å². The van der Waals surface area contributed by atoms with Gasteiger partial charge >= 0.3 is 0 Å². The van der Waals surface area contributed by atoms with Crippen molar-refractivity contribution in [3.63, 3.8) is 0 Å². The van der Waals surface area contributed by atoms with Gasteiger partial charge in [-0.1, -0.05) is 52.9 Å². The smallest absolute Gasteiger partial charge is 0.155 e. The van der Waals surface area contributed by atoms with Gasteiger partial charge in [0.1, 0.15) is 0 Å². The first-order valence-corrected chi connectivity index (χ1v) is 10.4. The van der Waals surface area contributed by atoms with Gasteiger partial charge in [0.2, 0.25) is 0 Å². The van der Waals surface area contributed by atoms with Crippen LogP contribution < -0.4 is 0 Å². The Balaban J connectivity index is 1.54. The third-order valence-corrected chi connectivity index (χ3v) is 6.57. The lowest BCUT2D eigenvalue weighted by atomic mass is 9.79. The molecule has 2 nitrogen and oxygen atoms in total. The van der Waals surface area contributed by atoms with Crippen LogP contribution in [0.1, 0.15) is 91.9 Å². The van der Waals surface area contributed by atoms with Gasteiger partial charge in [0, 0.05) is 6.61 Å². The molecule has 136 valence electrons. The van der Waals surface area contributed by atoms with Crippen molar-refractivity contribution in [2.24, 2.45) is 23.7 Å². The Morgan fingerprint density at radius 3 is 2.17 bits per heavy atom. The monoisotopic (exact) mass is 324 g/mol. The molecule has 0 amide bonds. The fraction of sp³-hybridized carbons (Fsp3) is 1.00. The molecule has 0 saturated heterocycles. The van der Waals surface area contributed by atoms with Crippen molar-refractivity contribution < 1.29 is 9.47 Å². The van der Waals surface area contributed by atoms with E-state index in [4.69, 9.17) is 9.47 Å². The molecule has 2 rings (SSSR count). The van der Waals surface area contributed by atoms with Gasteiger partial charge in [-0.2, -0.15) is 0 Å². The number of hydrogen-bond acceptors (Lipinski definition) is 2. The van der Waals surface area contributed by atoms with E-state index in [1.54, 1.807) is 0 Å². The molecular formula is C21H40O2. The van der Waals surface area contributed by atoms with Crippen LogP contribution in [0.4, 0.5) is 0 Å². The zero-order valence-electron chi connectivity index (χ0n) is 16.1. The van der Waals surface area contributed by atoms with Gasteiger partial charge in [-0.15, -0.1) is 0 Å². The Labute approximate surface area is 144 Å². The minimum absolute atomic E-state index is 0.0253. The first-order chi connectivity index (χ1) is 11.1. The molecule has 0 aromatic carbocycles. The van der Waals surface area contributed by atoms with Crippen molar-refractivity contribution in [1.82, 2.24) is 0 Å². The van der Waals surface area contributed by atoms with E-state index in [-0.39, 0.29) is 6.29 Å². The molecule has 0 heterocycles. The Hall–Kier alpha value is -0.0800. The topological polar surface area (TPSA) is 18.5 Å². The highest BCUT2D eigenvalue weighted by atomic mass is 16.7. The third-order valence-electron chi connectivity index (χ3n) is 6.57. The molecule has 23 heavy (non-hydrogen) atoms. The van der Waals surface area contributed by atoms with E-state index in [0.717, 1.165) is 30.3 Å². The maximum Gasteiger partial charge on any atom is 0.155 e. The molecular weight excluding hydrogens is 284 g/mol. The zero-order chi connectivity index (χ0) is 16.7. The molecule has 0 bridgehead atoms. The summed E-state index contributed by atoms with van der Waals surface area (Å²) in [6, 6.07) is 0. The van der Waals surface area contributed by atoms with Crippen molar-refractivity contribution in [2.45, 2.75) is 104 Å². The van der Waals surface area contributed by atoms with E-state index in [9.17, 15) is 0 Å². The summed E-state index contributed by atoms with van der Waals surface area (Å²) in [5.74, 6) is 3.64. The standard InChI is InChI=1S/C21H40O2/c1-5-17(3)20-10-12-21(13-11-20)23-18(4)22-15-14-19-8-6-16(2)7-9-19/h16-21H,5-15H2,1-4H3. The molecule has 0 radical (unpaired) electrons. The molecule has 0 aliphatic heterocycles. The van der Waals surface area contributed by atoms with Crippen LogP contribution in [0, 0.1) is 23.7 Å². The summed E-state index contributed by atoms with van der Waals surface area (Å²) < 4.78 is 12.1. The molecule has 2 heteroatoms. The van der Waals surface area contributed by atoms with Crippen molar-refractivity contribution in [2.75, 3.05) is 6.61 Å². The Morgan fingerprint density at radius 2 is 1.57 bits per heavy atom. The average molecular weight is 325 g/mol. The van der Waals surface area contributed by atoms with E-state index in [1.807, 2.05) is 0 Å². The van der Waals surface area contributed by atoms with Gasteiger partial charge in [0.05, 0.1) is 6.10 Å². The molecule has 2 aliphatic carbocycles. The quantitative estimate of drug-likeness (QED) is 0.496. The predicted octanol–water partition coefficient (Wildman–Crippen LogP) is 6.19. The largest absolute Gasteiger partial charge is 0.353 e. The maximum atomic E-state index is 6.14. The number of ether oxygens (including phenoxy) is 2. The Bertz CT molecular complexity index is 301. The summed E-state index contributed by atoms with van der Waals surface area (Å²) >= 11 is 0. The normalized spacial score (nSPS) is 35.0. The van der Waals surface area contributed by atoms with Crippen LogP contribution in [0.3, 0.4) is 0 Å². The molecule has 0 aromatic rings. The summed E-state index contributed by atoms with van der Waals surface area (Å²) in [7, 11) is 0. The van der Waals surface area contributed by atoms with Crippen LogP contribution in [0.25, 0.3) is 0 Å². The van der Waals surface area contributed by atoms with E-state index in [1.165, 1.54) is 64.2 Å². The van der Waals surface area contributed by atoms with Crippen LogP contribution in [-0.2, 0) is 9.47 Å². The molecule has 2 aliphatic rings. The summed E-state index contributed by atoms with van der Waals surface area (Å²) in [5.41, 5.74) is 0. The van der Waals surface area contributed by atoms with Gasteiger partial charge in [-0.25, -0.2) is 0 Å². The van der Waals surface area contributed by atoms with E-state index in [0.29, 0.717) is 6.10 Å². The van der Waals surface area contributed by atoms with Gasteiger partial charge in [-0.3, -0.25) is 0 Å². The highest BCUT2D eigenvalue weighted by Gasteiger charge is 2.26. The Kier molecular flexibility index (Phi) is 8.40. The summed E-state index contributed by atoms with van der Waals surface area (Å²) in [5, 5.41) is 0. The number of hydrogen-bond donors (Lipinski definition) is 0. The predicted molar refractivity (Wildman–Crippen MR) is 97.4 cm³/mol. The SMILES string of the molecule is CCC(C)C1CCC(OC(C)OCCC2CCC(C)CC2)CC1. The molecule has 2 unspecified atom stereocenters. The van der Waals surface area contributed by atoms with Crippen LogP contribution in [0.5, 0.6) is 0 Å². The molecule has 2 atom stereocenters. The second-order valence-electron chi connectivity index (χ2n) is 8.41. The maximum absolute atomic E-state index is 6.14. The van der Waals surface area contributed by atoms with Crippen LogP contribution >= 0.6 is 0 Å². The highest BCUT2D eigenvalue weighted by molar-refractivity contribution is 4.76. The lowest BCUT2D eigenvalue weighted by Crippen LogP contribution is -2.29. The van der Waals surface area contributed by atoms with E-state index < -0.39 is 0 Å². The number of rotatable bonds is 8. The van der Waals surface area contributed by atoms with Crippen molar-refractivity contribution in [3.8, 4) is 0 Å². The van der Waals surface area contributed by atoms with Gasteiger partial charge in [-0.05, 0) is 62.7 Å². The first-order valence-electron chi connectivity index (χ1n) is 10.4. The lowest BCUT2D eigenvalue weighted by Gasteiger charge is -2.33. The second kappa shape index (κ2) is 10.0. The van der Waals surface area contributed by atoms with Crippen LogP contribution in [0.15, 0.2) is 0 Å². The van der Waals surface area contributed by atoms with E-state index in [2.05, 4.69) is 27.7 Å².